The van der Waals surface area contributed by atoms with Crippen LogP contribution in [0.15, 0.2) is 24.5 Å². The zero-order valence-corrected chi connectivity index (χ0v) is 8.20. The molecular formula is C10H16N2. The number of pyridine rings is 1. The molecule has 0 aromatic carbocycles. The first kappa shape index (κ1) is 13.2. The summed E-state index contributed by atoms with van der Waals surface area (Å²) in [6.07, 6.45) is 3.19. The number of rotatable bonds is 0. The fraction of sp³-hybridized carbons (Fsp3) is 0.400. The van der Waals surface area contributed by atoms with Crippen LogP contribution in [0.3, 0.4) is 0 Å². The van der Waals surface area contributed by atoms with Gasteiger partial charge in [-0.25, -0.2) is 0 Å². The summed E-state index contributed by atoms with van der Waals surface area (Å²) in [5.74, 6) is 0. The Hall–Kier alpha value is -1.36. The van der Waals surface area contributed by atoms with Crippen LogP contribution in [-0.2, 0) is 0 Å². The van der Waals surface area contributed by atoms with Gasteiger partial charge in [-0.2, -0.15) is 5.26 Å². The van der Waals surface area contributed by atoms with Crippen molar-refractivity contribution in [1.82, 2.24) is 4.98 Å². The Balaban J connectivity index is 0. The van der Waals surface area contributed by atoms with Crippen molar-refractivity contribution in [3.8, 4) is 6.07 Å². The largest absolute Gasteiger partial charge is 0.265 e. The van der Waals surface area contributed by atoms with Crippen molar-refractivity contribution in [3.05, 3.63) is 30.1 Å². The van der Waals surface area contributed by atoms with Gasteiger partial charge in [0.2, 0.25) is 0 Å². The van der Waals surface area contributed by atoms with Gasteiger partial charge in [0.25, 0.3) is 0 Å². The van der Waals surface area contributed by atoms with Crippen LogP contribution in [0.1, 0.15) is 33.3 Å². The Labute approximate surface area is 74.9 Å². The zero-order chi connectivity index (χ0) is 9.82. The average Bonchev–Trinajstić information content (AvgIpc) is 2.25. The van der Waals surface area contributed by atoms with Gasteiger partial charge in [-0.3, -0.25) is 4.98 Å². The molecule has 0 aliphatic heterocycles. The summed E-state index contributed by atoms with van der Waals surface area (Å²) in [4.78, 5) is 3.74. The second-order valence-corrected chi connectivity index (χ2v) is 1.35. The van der Waals surface area contributed by atoms with E-state index in [2.05, 4.69) is 4.98 Å². The lowest BCUT2D eigenvalue weighted by molar-refractivity contribution is 1.31. The Morgan fingerprint density at radius 1 is 1.08 bits per heavy atom. The number of nitriles is 1. The van der Waals surface area contributed by atoms with E-state index in [9.17, 15) is 0 Å². The van der Waals surface area contributed by atoms with Crippen LogP contribution in [0.25, 0.3) is 0 Å². The standard InChI is InChI=1S/C6H4N2.2C2H6/c7-5-6-1-3-8-4-2-6;2*1-2/h1-4H;2*1-2H3. The third kappa shape index (κ3) is 6.76. The van der Waals surface area contributed by atoms with E-state index in [1.54, 1.807) is 24.5 Å². The summed E-state index contributed by atoms with van der Waals surface area (Å²) in [7, 11) is 0. The summed E-state index contributed by atoms with van der Waals surface area (Å²) in [6.45, 7) is 8.00. The molecule has 2 nitrogen and oxygen atoms in total. The van der Waals surface area contributed by atoms with Gasteiger partial charge in [0.1, 0.15) is 0 Å². The first-order valence-corrected chi connectivity index (χ1v) is 4.23. The maximum atomic E-state index is 8.26. The molecule has 1 rings (SSSR count). The molecule has 0 aliphatic rings. The van der Waals surface area contributed by atoms with Crippen LogP contribution < -0.4 is 0 Å². The summed E-state index contributed by atoms with van der Waals surface area (Å²) in [5, 5.41) is 8.26. The van der Waals surface area contributed by atoms with E-state index in [0.29, 0.717) is 5.56 Å². The molecule has 0 saturated carbocycles. The van der Waals surface area contributed by atoms with Crippen LogP contribution >= 0.6 is 0 Å². The Kier molecular flexibility index (Phi) is 13.6. The van der Waals surface area contributed by atoms with Gasteiger partial charge in [-0.1, -0.05) is 27.7 Å². The number of nitrogens with zero attached hydrogens (tertiary/aromatic N) is 2. The molecule has 0 fully saturated rings. The second kappa shape index (κ2) is 12.3. The molecule has 0 unspecified atom stereocenters. The predicted molar refractivity (Wildman–Crippen MR) is 51.6 cm³/mol. The lowest BCUT2D eigenvalue weighted by Crippen LogP contribution is -1.71. The molecule has 0 N–H and O–H groups in total. The third-order valence-electron chi connectivity index (χ3n) is 0.809. The molecule has 1 aromatic heterocycles. The van der Waals surface area contributed by atoms with Crippen molar-refractivity contribution in [2.75, 3.05) is 0 Å². The molecule has 2 heteroatoms. The van der Waals surface area contributed by atoms with Crippen LogP contribution in [0.2, 0.25) is 0 Å². The molecule has 1 aromatic rings. The van der Waals surface area contributed by atoms with E-state index in [4.69, 9.17) is 5.26 Å². The first-order chi connectivity index (χ1) is 5.93. The molecule has 0 radical (unpaired) electrons. The lowest BCUT2D eigenvalue weighted by atomic mass is 10.3. The molecule has 0 atom stereocenters. The van der Waals surface area contributed by atoms with Crippen molar-refractivity contribution in [3.63, 3.8) is 0 Å². The van der Waals surface area contributed by atoms with E-state index < -0.39 is 0 Å². The molecule has 0 amide bonds. The van der Waals surface area contributed by atoms with Crippen LogP contribution in [-0.4, -0.2) is 4.98 Å². The van der Waals surface area contributed by atoms with Crippen molar-refractivity contribution >= 4 is 0 Å². The lowest BCUT2D eigenvalue weighted by Gasteiger charge is -1.79. The fourth-order valence-electron chi connectivity index (χ4n) is 0.426. The zero-order valence-electron chi connectivity index (χ0n) is 8.20. The molecule has 66 valence electrons. The topological polar surface area (TPSA) is 36.7 Å². The summed E-state index contributed by atoms with van der Waals surface area (Å²) >= 11 is 0. The van der Waals surface area contributed by atoms with Crippen LogP contribution in [0.4, 0.5) is 0 Å². The van der Waals surface area contributed by atoms with E-state index in [1.807, 2.05) is 33.8 Å². The molecule has 0 saturated heterocycles. The first-order valence-electron chi connectivity index (χ1n) is 4.23. The minimum atomic E-state index is 0.653. The average molecular weight is 164 g/mol. The van der Waals surface area contributed by atoms with Crippen molar-refractivity contribution in [2.24, 2.45) is 0 Å². The second-order valence-electron chi connectivity index (χ2n) is 1.35. The van der Waals surface area contributed by atoms with Crippen molar-refractivity contribution < 1.29 is 0 Å². The van der Waals surface area contributed by atoms with Gasteiger partial charge in [0.05, 0.1) is 11.6 Å². The van der Waals surface area contributed by atoms with Gasteiger partial charge in [-0.15, -0.1) is 0 Å². The Bertz CT molecular complexity index is 199. The fourth-order valence-corrected chi connectivity index (χ4v) is 0.426. The van der Waals surface area contributed by atoms with Gasteiger partial charge in [0.15, 0.2) is 0 Å². The summed E-state index contributed by atoms with van der Waals surface area (Å²) < 4.78 is 0. The van der Waals surface area contributed by atoms with E-state index in [-0.39, 0.29) is 0 Å². The minimum Gasteiger partial charge on any atom is -0.265 e. The maximum Gasteiger partial charge on any atom is 0.0992 e. The van der Waals surface area contributed by atoms with Crippen LogP contribution in [0.5, 0.6) is 0 Å². The summed E-state index contributed by atoms with van der Waals surface area (Å²) in [6, 6.07) is 5.32. The molecule has 0 aliphatic carbocycles. The Morgan fingerprint density at radius 3 is 1.75 bits per heavy atom. The quantitative estimate of drug-likeness (QED) is 0.591. The van der Waals surface area contributed by atoms with E-state index in [0.717, 1.165) is 0 Å². The van der Waals surface area contributed by atoms with Gasteiger partial charge in [0, 0.05) is 12.4 Å². The van der Waals surface area contributed by atoms with E-state index >= 15 is 0 Å². The highest BCUT2D eigenvalue weighted by molar-refractivity contribution is 5.24. The SMILES string of the molecule is CC.CC.N#Cc1ccncc1. The number of aromatic nitrogens is 1. The Morgan fingerprint density at radius 2 is 1.50 bits per heavy atom. The third-order valence-corrected chi connectivity index (χ3v) is 0.809. The predicted octanol–water partition coefficient (Wildman–Crippen LogP) is 3.01. The molecular weight excluding hydrogens is 148 g/mol. The van der Waals surface area contributed by atoms with Gasteiger partial charge in [-0.05, 0) is 12.1 Å². The highest BCUT2D eigenvalue weighted by Crippen LogP contribution is 1.89. The molecule has 0 spiro atoms. The number of hydrogen-bond acceptors (Lipinski definition) is 2. The van der Waals surface area contributed by atoms with E-state index in [1.165, 1.54) is 0 Å². The molecule has 12 heavy (non-hydrogen) atoms. The normalized spacial score (nSPS) is 6.25. The van der Waals surface area contributed by atoms with Gasteiger partial charge < -0.3 is 0 Å². The van der Waals surface area contributed by atoms with Crippen molar-refractivity contribution in [2.45, 2.75) is 27.7 Å². The smallest absolute Gasteiger partial charge is 0.0992 e. The molecule has 0 bridgehead atoms. The molecule has 1 heterocycles. The highest BCUT2D eigenvalue weighted by atomic mass is 14.6. The minimum absolute atomic E-state index is 0.653. The summed E-state index contributed by atoms with van der Waals surface area (Å²) in [5.41, 5.74) is 0.653. The maximum absolute atomic E-state index is 8.26. The number of hydrogen-bond donors (Lipinski definition) is 0. The van der Waals surface area contributed by atoms with Gasteiger partial charge >= 0.3 is 0 Å². The van der Waals surface area contributed by atoms with Crippen molar-refractivity contribution in [1.29, 1.82) is 5.26 Å². The monoisotopic (exact) mass is 164 g/mol. The van der Waals surface area contributed by atoms with Crippen LogP contribution in [0, 0.1) is 11.3 Å². The highest BCUT2D eigenvalue weighted by Gasteiger charge is 1.80.